The fourth-order valence-electron chi connectivity index (χ4n) is 2.88. The number of aryl methyl sites for hydroxylation is 2. The Morgan fingerprint density at radius 3 is 2.59 bits per heavy atom. The third kappa shape index (κ3) is 4.42. The number of aromatic nitrogens is 3. The van der Waals surface area contributed by atoms with Gasteiger partial charge in [-0.3, -0.25) is 4.79 Å². The van der Waals surface area contributed by atoms with Gasteiger partial charge in [-0.1, -0.05) is 48.5 Å². The molecule has 2 aromatic heterocycles. The summed E-state index contributed by atoms with van der Waals surface area (Å²) in [5, 5.41) is 12.2. The summed E-state index contributed by atoms with van der Waals surface area (Å²) < 4.78 is 7.22. The highest BCUT2D eigenvalue weighted by Crippen LogP contribution is 2.26. The van der Waals surface area contributed by atoms with E-state index in [4.69, 9.17) is 4.42 Å². The van der Waals surface area contributed by atoms with Crippen molar-refractivity contribution < 1.29 is 9.21 Å². The summed E-state index contributed by atoms with van der Waals surface area (Å²) >= 11 is 1.38. The van der Waals surface area contributed by atoms with Gasteiger partial charge in [0.05, 0.1) is 23.6 Å². The third-order valence-electron chi connectivity index (χ3n) is 4.49. The molecule has 0 aliphatic carbocycles. The number of benzene rings is 1. The van der Waals surface area contributed by atoms with E-state index in [2.05, 4.69) is 53.6 Å². The molecule has 0 bridgehead atoms. The van der Waals surface area contributed by atoms with Gasteiger partial charge in [-0.05, 0) is 31.9 Å². The summed E-state index contributed by atoms with van der Waals surface area (Å²) in [7, 11) is 1.89. The molecule has 2 heterocycles. The van der Waals surface area contributed by atoms with Gasteiger partial charge in [0.25, 0.3) is 0 Å². The number of hydrogen-bond donors (Lipinski definition) is 1. The summed E-state index contributed by atoms with van der Waals surface area (Å²) in [4.78, 5) is 12.4. The maximum absolute atomic E-state index is 12.4. The molecule has 0 saturated heterocycles. The smallest absolute Gasteiger partial charge is 0.230 e. The average molecular weight is 385 g/mol. The van der Waals surface area contributed by atoms with Crippen molar-refractivity contribution in [3.05, 3.63) is 53.5 Å². The Morgan fingerprint density at radius 1 is 1.22 bits per heavy atom. The van der Waals surface area contributed by atoms with Gasteiger partial charge in [0, 0.05) is 7.05 Å². The lowest BCUT2D eigenvalue weighted by atomic mass is 10.0. The highest BCUT2D eigenvalue weighted by molar-refractivity contribution is 7.99. The van der Waals surface area contributed by atoms with Crippen LogP contribution in [0.5, 0.6) is 0 Å². The average Bonchev–Trinajstić information content (AvgIpc) is 3.24. The Morgan fingerprint density at radius 2 is 1.96 bits per heavy atom. The molecule has 0 aliphatic rings. The Labute approximate surface area is 163 Å². The summed E-state index contributed by atoms with van der Waals surface area (Å²) in [6.07, 6.45) is 2.48. The van der Waals surface area contributed by atoms with Gasteiger partial charge in [-0.25, -0.2) is 0 Å². The van der Waals surface area contributed by atoms with Gasteiger partial charge in [-0.2, -0.15) is 0 Å². The first-order valence-corrected chi connectivity index (χ1v) is 9.90. The van der Waals surface area contributed by atoms with Crippen LogP contribution in [-0.2, 0) is 11.8 Å². The first-order valence-electron chi connectivity index (χ1n) is 8.92. The van der Waals surface area contributed by atoms with E-state index < -0.39 is 0 Å². The van der Waals surface area contributed by atoms with E-state index in [1.807, 2.05) is 24.6 Å². The monoisotopic (exact) mass is 384 g/mol. The van der Waals surface area contributed by atoms with Crippen LogP contribution in [-0.4, -0.2) is 26.4 Å². The van der Waals surface area contributed by atoms with Crippen LogP contribution in [0.15, 0.2) is 46.2 Å². The van der Waals surface area contributed by atoms with Gasteiger partial charge in [0.15, 0.2) is 11.0 Å². The van der Waals surface area contributed by atoms with Crippen LogP contribution in [0.4, 0.5) is 0 Å². The van der Waals surface area contributed by atoms with Gasteiger partial charge in [0.1, 0.15) is 5.76 Å². The molecule has 0 spiro atoms. The lowest BCUT2D eigenvalue weighted by Gasteiger charge is -2.17. The molecule has 7 heteroatoms. The molecule has 3 rings (SSSR count). The highest BCUT2D eigenvalue weighted by Gasteiger charge is 2.17. The largest absolute Gasteiger partial charge is 0.469 e. The van der Waals surface area contributed by atoms with E-state index in [1.165, 1.54) is 17.3 Å². The van der Waals surface area contributed by atoms with E-state index in [-0.39, 0.29) is 11.9 Å². The van der Waals surface area contributed by atoms with Crippen molar-refractivity contribution in [1.82, 2.24) is 20.1 Å². The maximum Gasteiger partial charge on any atom is 0.230 e. The van der Waals surface area contributed by atoms with E-state index >= 15 is 0 Å². The van der Waals surface area contributed by atoms with E-state index in [9.17, 15) is 4.79 Å². The van der Waals surface area contributed by atoms with Crippen molar-refractivity contribution in [3.8, 4) is 11.4 Å². The Balaban J connectivity index is 1.61. The Bertz CT molecular complexity index is 914. The molecule has 0 fully saturated rings. The van der Waals surface area contributed by atoms with Crippen molar-refractivity contribution in [2.24, 2.45) is 7.05 Å². The minimum Gasteiger partial charge on any atom is -0.469 e. The number of rotatable bonds is 7. The second kappa shape index (κ2) is 8.43. The summed E-state index contributed by atoms with van der Waals surface area (Å²) in [5.74, 6) is 1.80. The van der Waals surface area contributed by atoms with Crippen molar-refractivity contribution >= 4 is 17.7 Å². The summed E-state index contributed by atoms with van der Waals surface area (Å²) in [5.41, 5.74) is 3.24. The number of carbonyl (C=O) groups excluding carboxylic acids is 1. The van der Waals surface area contributed by atoms with Crippen LogP contribution >= 0.6 is 11.8 Å². The Hall–Kier alpha value is -2.54. The number of furan rings is 1. The SMILES string of the molecule is CCC(NC(=O)CSc1nnc(-c2ccoc2C)n1C)c1ccc(C)cc1. The molecule has 6 nitrogen and oxygen atoms in total. The second-order valence-corrected chi connectivity index (χ2v) is 7.43. The van der Waals surface area contributed by atoms with Crippen LogP contribution in [0.2, 0.25) is 0 Å². The molecule has 1 unspecified atom stereocenters. The normalized spacial score (nSPS) is 12.1. The number of hydrogen-bond acceptors (Lipinski definition) is 5. The molecule has 1 amide bonds. The zero-order chi connectivity index (χ0) is 19.4. The molecule has 0 saturated carbocycles. The zero-order valence-corrected chi connectivity index (χ0v) is 16.8. The first kappa shape index (κ1) is 19.2. The topological polar surface area (TPSA) is 73.0 Å². The predicted molar refractivity (Wildman–Crippen MR) is 107 cm³/mol. The fourth-order valence-corrected chi connectivity index (χ4v) is 3.60. The molecule has 0 aliphatic heterocycles. The molecule has 27 heavy (non-hydrogen) atoms. The second-order valence-electron chi connectivity index (χ2n) is 6.48. The number of nitrogens with one attached hydrogen (secondary N) is 1. The van der Waals surface area contributed by atoms with Crippen LogP contribution in [0.1, 0.15) is 36.3 Å². The van der Waals surface area contributed by atoms with Crippen LogP contribution < -0.4 is 5.32 Å². The first-order chi connectivity index (χ1) is 13.0. The van der Waals surface area contributed by atoms with E-state index in [0.29, 0.717) is 10.9 Å². The summed E-state index contributed by atoms with van der Waals surface area (Å²) in [6, 6.07) is 10.2. The molecule has 1 N–H and O–H groups in total. The lowest BCUT2D eigenvalue weighted by Crippen LogP contribution is -2.29. The third-order valence-corrected chi connectivity index (χ3v) is 5.51. The fraction of sp³-hybridized carbons (Fsp3) is 0.350. The zero-order valence-electron chi connectivity index (χ0n) is 16.0. The van der Waals surface area contributed by atoms with Crippen LogP contribution in [0.3, 0.4) is 0 Å². The van der Waals surface area contributed by atoms with E-state index in [0.717, 1.165) is 29.1 Å². The molecule has 142 valence electrons. The standard InChI is InChI=1S/C20H24N4O2S/c1-5-17(15-8-6-13(2)7-9-15)21-18(25)12-27-20-23-22-19(24(20)4)16-10-11-26-14(16)3/h6-11,17H,5,12H2,1-4H3,(H,21,25). The predicted octanol–water partition coefficient (Wildman–Crippen LogP) is 4.05. The van der Waals surface area contributed by atoms with Crippen molar-refractivity contribution in [1.29, 1.82) is 0 Å². The maximum atomic E-state index is 12.4. The molecule has 0 radical (unpaired) electrons. The van der Waals surface area contributed by atoms with E-state index in [1.54, 1.807) is 6.26 Å². The molecular formula is C20H24N4O2S. The molecule has 1 atom stereocenters. The number of carbonyl (C=O) groups is 1. The van der Waals surface area contributed by atoms with Crippen molar-refractivity contribution in [2.75, 3.05) is 5.75 Å². The quantitative estimate of drug-likeness (QED) is 0.622. The van der Waals surface area contributed by atoms with Crippen molar-refractivity contribution in [2.45, 2.75) is 38.4 Å². The summed E-state index contributed by atoms with van der Waals surface area (Å²) in [6.45, 7) is 6.01. The minimum atomic E-state index is -0.0172. The highest BCUT2D eigenvalue weighted by atomic mass is 32.2. The van der Waals surface area contributed by atoms with Gasteiger partial charge >= 0.3 is 0 Å². The Kier molecular flexibility index (Phi) is 6.01. The molecule has 1 aromatic carbocycles. The van der Waals surface area contributed by atoms with Gasteiger partial charge < -0.3 is 14.3 Å². The number of amides is 1. The molecular weight excluding hydrogens is 360 g/mol. The van der Waals surface area contributed by atoms with Crippen LogP contribution in [0.25, 0.3) is 11.4 Å². The van der Waals surface area contributed by atoms with Crippen LogP contribution in [0, 0.1) is 13.8 Å². The lowest BCUT2D eigenvalue weighted by molar-refractivity contribution is -0.119. The number of thioether (sulfide) groups is 1. The van der Waals surface area contributed by atoms with Gasteiger partial charge in [-0.15, -0.1) is 10.2 Å². The van der Waals surface area contributed by atoms with Gasteiger partial charge in [0.2, 0.25) is 5.91 Å². The minimum absolute atomic E-state index is 0.0161. The van der Waals surface area contributed by atoms with Crippen molar-refractivity contribution in [3.63, 3.8) is 0 Å². The number of nitrogens with zero attached hydrogens (tertiary/aromatic N) is 3. The molecule has 3 aromatic rings.